The topological polar surface area (TPSA) is 70.8 Å². The van der Waals surface area contributed by atoms with Crippen LogP contribution in [0.2, 0.25) is 5.02 Å². The molecule has 0 radical (unpaired) electrons. The minimum Gasteiger partial charge on any atom is -0.507 e. The number of rotatable bonds is 4. The van der Waals surface area contributed by atoms with Crippen LogP contribution in [0.15, 0.2) is 76.9 Å². The second-order valence-corrected chi connectivity index (χ2v) is 7.30. The number of hydrogen-bond donors (Lipinski definition) is 1. The van der Waals surface area contributed by atoms with E-state index in [1.807, 2.05) is 19.1 Å². The van der Waals surface area contributed by atoms with E-state index in [2.05, 4.69) is 0 Å². The van der Waals surface area contributed by atoms with Crippen molar-refractivity contribution in [2.45, 2.75) is 19.5 Å². The number of aliphatic hydroxyl groups is 1. The Hall–Kier alpha value is -3.31. The number of hydrogen-bond acceptors (Lipinski definition) is 4. The van der Waals surface area contributed by atoms with Crippen molar-refractivity contribution in [2.75, 3.05) is 0 Å². The first kappa shape index (κ1) is 19.0. The van der Waals surface area contributed by atoms with E-state index in [0.717, 1.165) is 5.56 Å². The largest absolute Gasteiger partial charge is 0.507 e. The molecule has 1 aliphatic heterocycles. The normalized spacial score (nSPS) is 18.4. The summed E-state index contributed by atoms with van der Waals surface area (Å²) in [5, 5.41) is 11.4. The zero-order valence-corrected chi connectivity index (χ0v) is 16.4. The second kappa shape index (κ2) is 7.60. The number of nitrogens with zero attached hydrogens (tertiary/aromatic N) is 1. The Kier molecular flexibility index (Phi) is 4.99. The molecule has 2 aromatic carbocycles. The molecule has 5 nitrogen and oxygen atoms in total. The first-order valence-corrected chi connectivity index (χ1v) is 9.47. The summed E-state index contributed by atoms with van der Waals surface area (Å²) >= 11 is 6.41. The Labute approximate surface area is 172 Å². The van der Waals surface area contributed by atoms with Crippen molar-refractivity contribution >= 4 is 29.1 Å². The summed E-state index contributed by atoms with van der Waals surface area (Å²) in [6.45, 7) is 2.01. The molecule has 6 heteroatoms. The minimum atomic E-state index is -0.824. The number of Topliss-reactive ketones (excluding diaryl/α,β-unsaturated/α-hetero) is 1. The Morgan fingerprint density at radius 3 is 2.45 bits per heavy atom. The van der Waals surface area contributed by atoms with Crippen LogP contribution < -0.4 is 0 Å². The van der Waals surface area contributed by atoms with E-state index in [9.17, 15) is 14.7 Å². The van der Waals surface area contributed by atoms with Crippen LogP contribution in [0.1, 0.15) is 28.5 Å². The molecule has 29 heavy (non-hydrogen) atoms. The number of ketones is 1. The van der Waals surface area contributed by atoms with Crippen LogP contribution in [0.5, 0.6) is 0 Å². The van der Waals surface area contributed by atoms with Crippen molar-refractivity contribution in [1.29, 1.82) is 0 Å². The molecule has 1 saturated heterocycles. The third-order valence-electron chi connectivity index (χ3n) is 4.97. The Balaban J connectivity index is 1.89. The number of likely N-dealkylation sites (tertiary alicyclic amines) is 1. The van der Waals surface area contributed by atoms with Gasteiger partial charge in [-0.25, -0.2) is 0 Å². The minimum absolute atomic E-state index is 0.0125. The highest BCUT2D eigenvalue weighted by Crippen LogP contribution is 2.42. The van der Waals surface area contributed by atoms with Crippen LogP contribution in [0.3, 0.4) is 0 Å². The lowest BCUT2D eigenvalue weighted by Gasteiger charge is -2.25. The van der Waals surface area contributed by atoms with Crippen molar-refractivity contribution in [3.05, 3.63) is 100.0 Å². The van der Waals surface area contributed by atoms with Gasteiger partial charge >= 0.3 is 0 Å². The van der Waals surface area contributed by atoms with Crippen molar-refractivity contribution in [2.24, 2.45) is 0 Å². The SMILES string of the molecule is Cc1ccc(/C(O)=C2\C(=O)C(=O)N(Cc3ccco3)[C@@H]2c2ccccc2Cl)cc1. The van der Waals surface area contributed by atoms with E-state index in [0.29, 0.717) is 21.9 Å². The third-order valence-corrected chi connectivity index (χ3v) is 5.32. The molecule has 146 valence electrons. The zero-order valence-electron chi connectivity index (χ0n) is 15.6. The van der Waals surface area contributed by atoms with E-state index in [4.69, 9.17) is 16.0 Å². The molecule has 4 rings (SSSR count). The summed E-state index contributed by atoms with van der Waals surface area (Å²) in [7, 11) is 0. The maximum atomic E-state index is 12.9. The van der Waals surface area contributed by atoms with Crippen LogP contribution >= 0.6 is 11.6 Å². The summed E-state index contributed by atoms with van der Waals surface area (Å²) in [6, 6.07) is 16.7. The predicted octanol–water partition coefficient (Wildman–Crippen LogP) is 4.86. The summed E-state index contributed by atoms with van der Waals surface area (Å²) in [5.74, 6) is -1.16. The molecule has 1 aliphatic rings. The monoisotopic (exact) mass is 407 g/mol. The molecular weight excluding hydrogens is 390 g/mol. The third kappa shape index (κ3) is 3.45. The zero-order chi connectivity index (χ0) is 20.5. The Morgan fingerprint density at radius 1 is 1.07 bits per heavy atom. The molecule has 1 amide bonds. The number of benzene rings is 2. The lowest BCUT2D eigenvalue weighted by atomic mass is 9.95. The molecule has 0 bridgehead atoms. The number of halogens is 1. The van der Waals surface area contributed by atoms with Gasteiger partial charge in [-0.05, 0) is 30.7 Å². The summed E-state index contributed by atoms with van der Waals surface area (Å²) in [5.41, 5.74) is 2.05. The van der Waals surface area contributed by atoms with Crippen molar-refractivity contribution in [3.8, 4) is 0 Å². The number of aliphatic hydroxyl groups excluding tert-OH is 1. The average Bonchev–Trinajstić information content (AvgIpc) is 3.31. The standard InChI is InChI=1S/C23H18ClNO4/c1-14-8-10-15(11-9-14)21(26)19-20(17-6-2-3-7-18(17)24)25(23(28)22(19)27)13-16-5-4-12-29-16/h2-12,20,26H,13H2,1H3/b21-19+/t20-/m1/s1. The number of aryl methyl sites for hydroxylation is 1. The van der Waals surface area contributed by atoms with Gasteiger partial charge in [0.15, 0.2) is 0 Å². The summed E-state index contributed by atoms with van der Waals surface area (Å²) < 4.78 is 5.37. The van der Waals surface area contributed by atoms with Gasteiger partial charge in [0, 0.05) is 10.6 Å². The van der Waals surface area contributed by atoms with Crippen LogP contribution in [0.25, 0.3) is 5.76 Å². The average molecular weight is 408 g/mol. The highest BCUT2D eigenvalue weighted by Gasteiger charge is 2.47. The summed E-state index contributed by atoms with van der Waals surface area (Å²) in [4.78, 5) is 27.2. The maximum absolute atomic E-state index is 12.9. The highest BCUT2D eigenvalue weighted by molar-refractivity contribution is 6.46. The molecule has 1 atom stereocenters. The Bertz CT molecular complexity index is 1100. The fourth-order valence-corrected chi connectivity index (χ4v) is 3.74. The van der Waals surface area contributed by atoms with E-state index in [1.54, 1.807) is 48.5 Å². The first-order chi connectivity index (χ1) is 14.0. The van der Waals surface area contributed by atoms with Crippen LogP contribution in [-0.2, 0) is 16.1 Å². The predicted molar refractivity (Wildman–Crippen MR) is 109 cm³/mol. The molecule has 2 heterocycles. The van der Waals surface area contributed by atoms with Crippen LogP contribution in [0.4, 0.5) is 0 Å². The lowest BCUT2D eigenvalue weighted by molar-refractivity contribution is -0.140. The maximum Gasteiger partial charge on any atom is 0.296 e. The molecule has 3 aromatic rings. The van der Waals surface area contributed by atoms with Crippen molar-refractivity contribution in [1.82, 2.24) is 4.90 Å². The van der Waals surface area contributed by atoms with Gasteiger partial charge in [-0.3, -0.25) is 9.59 Å². The molecule has 1 fully saturated rings. The van der Waals surface area contributed by atoms with E-state index in [1.165, 1.54) is 11.2 Å². The van der Waals surface area contributed by atoms with E-state index in [-0.39, 0.29) is 17.9 Å². The van der Waals surface area contributed by atoms with Gasteiger partial charge in [0.1, 0.15) is 11.5 Å². The fourth-order valence-electron chi connectivity index (χ4n) is 3.50. The first-order valence-electron chi connectivity index (χ1n) is 9.09. The second-order valence-electron chi connectivity index (χ2n) is 6.89. The molecule has 0 unspecified atom stereocenters. The number of carbonyl (C=O) groups is 2. The quantitative estimate of drug-likeness (QED) is 0.381. The van der Waals surface area contributed by atoms with Gasteiger partial charge in [-0.1, -0.05) is 59.6 Å². The van der Waals surface area contributed by atoms with Crippen LogP contribution in [-0.4, -0.2) is 21.7 Å². The van der Waals surface area contributed by atoms with Crippen molar-refractivity contribution in [3.63, 3.8) is 0 Å². The lowest BCUT2D eigenvalue weighted by Crippen LogP contribution is -2.29. The van der Waals surface area contributed by atoms with E-state index >= 15 is 0 Å². The van der Waals surface area contributed by atoms with Gasteiger partial charge in [0.05, 0.1) is 24.4 Å². The molecule has 0 saturated carbocycles. The van der Waals surface area contributed by atoms with Gasteiger partial charge < -0.3 is 14.4 Å². The summed E-state index contributed by atoms with van der Waals surface area (Å²) in [6.07, 6.45) is 1.50. The number of furan rings is 1. The van der Waals surface area contributed by atoms with Gasteiger partial charge in [-0.15, -0.1) is 0 Å². The van der Waals surface area contributed by atoms with Crippen molar-refractivity contribution < 1.29 is 19.1 Å². The fraction of sp³-hybridized carbons (Fsp3) is 0.130. The van der Waals surface area contributed by atoms with Gasteiger partial charge in [0.2, 0.25) is 0 Å². The molecular formula is C23H18ClNO4. The molecule has 0 spiro atoms. The Morgan fingerprint density at radius 2 is 1.79 bits per heavy atom. The van der Waals surface area contributed by atoms with Gasteiger partial charge in [-0.2, -0.15) is 0 Å². The highest BCUT2D eigenvalue weighted by atomic mass is 35.5. The molecule has 1 N–H and O–H groups in total. The number of carbonyl (C=O) groups excluding carboxylic acids is 2. The molecule has 0 aliphatic carbocycles. The van der Waals surface area contributed by atoms with Gasteiger partial charge in [0.25, 0.3) is 11.7 Å². The van der Waals surface area contributed by atoms with E-state index < -0.39 is 17.7 Å². The van der Waals surface area contributed by atoms with Crippen LogP contribution in [0, 0.1) is 6.92 Å². The number of amides is 1. The smallest absolute Gasteiger partial charge is 0.296 e. The molecule has 1 aromatic heterocycles.